The summed E-state index contributed by atoms with van der Waals surface area (Å²) in [5, 5.41) is 9.24. The zero-order chi connectivity index (χ0) is 22.7. The van der Waals surface area contributed by atoms with E-state index in [1.807, 2.05) is 17.0 Å². The molecule has 3 rings (SSSR count). The SMILES string of the molecule is COc1cc2c(cc1OC)C(C(C)C)N(C(=O)CC(N)C(=O)N1CCC[C@H]1C#N)CC2. The largest absolute Gasteiger partial charge is 0.493 e. The van der Waals surface area contributed by atoms with Gasteiger partial charge in [-0.2, -0.15) is 5.26 Å². The van der Waals surface area contributed by atoms with Crippen LogP contribution in [-0.2, 0) is 16.0 Å². The maximum atomic E-state index is 13.2. The molecule has 0 aromatic heterocycles. The smallest absolute Gasteiger partial charge is 0.241 e. The molecule has 1 aromatic carbocycles. The number of likely N-dealkylation sites (tertiary alicyclic amines) is 1. The molecular weight excluding hydrogens is 396 g/mol. The normalized spacial score (nSPS) is 21.5. The van der Waals surface area contributed by atoms with Crippen molar-refractivity contribution in [2.24, 2.45) is 11.7 Å². The van der Waals surface area contributed by atoms with Crippen molar-refractivity contribution in [3.63, 3.8) is 0 Å². The number of fused-ring (bicyclic) bond motifs is 1. The lowest BCUT2D eigenvalue weighted by Gasteiger charge is -2.40. The van der Waals surface area contributed by atoms with E-state index in [0.29, 0.717) is 37.4 Å². The highest BCUT2D eigenvalue weighted by Gasteiger charge is 2.37. The van der Waals surface area contributed by atoms with Gasteiger partial charge in [0.25, 0.3) is 0 Å². The van der Waals surface area contributed by atoms with Crippen LogP contribution >= 0.6 is 0 Å². The summed E-state index contributed by atoms with van der Waals surface area (Å²) in [6, 6.07) is 4.56. The van der Waals surface area contributed by atoms with E-state index >= 15 is 0 Å². The fraction of sp³-hybridized carbons (Fsp3) is 0.609. The van der Waals surface area contributed by atoms with Gasteiger partial charge < -0.3 is 25.0 Å². The number of hydrogen-bond acceptors (Lipinski definition) is 6. The minimum absolute atomic E-state index is 0.0701. The molecule has 3 atom stereocenters. The zero-order valence-corrected chi connectivity index (χ0v) is 18.8. The minimum atomic E-state index is -0.943. The molecule has 1 saturated heterocycles. The first kappa shape index (κ1) is 22.9. The summed E-state index contributed by atoms with van der Waals surface area (Å²) >= 11 is 0. The number of methoxy groups -OCH3 is 2. The number of benzene rings is 1. The van der Waals surface area contributed by atoms with Crippen molar-refractivity contribution in [2.45, 2.75) is 57.7 Å². The van der Waals surface area contributed by atoms with Crippen molar-refractivity contribution < 1.29 is 19.1 Å². The second-order valence-corrected chi connectivity index (χ2v) is 8.56. The standard InChI is InChI=1S/C23H32N4O4/c1-14(2)22-17-11-20(31-4)19(30-3)10-15(17)7-9-27(22)21(28)12-18(25)23(29)26-8-5-6-16(26)13-24/h10-11,14,16,18,22H,5-9,12,25H2,1-4H3/t16-,18?,22?/m0/s1. The van der Waals surface area contributed by atoms with E-state index in [1.165, 1.54) is 4.90 Å². The Morgan fingerprint density at radius 1 is 1.19 bits per heavy atom. The summed E-state index contributed by atoms with van der Waals surface area (Å²) < 4.78 is 10.9. The highest BCUT2D eigenvalue weighted by Crippen LogP contribution is 2.41. The Hall–Kier alpha value is -2.79. The molecule has 8 heteroatoms. The molecule has 31 heavy (non-hydrogen) atoms. The molecule has 0 radical (unpaired) electrons. The molecule has 2 aliphatic rings. The fourth-order valence-corrected chi connectivity index (χ4v) is 4.75. The number of hydrogen-bond donors (Lipinski definition) is 1. The van der Waals surface area contributed by atoms with Crippen LogP contribution in [0.3, 0.4) is 0 Å². The predicted molar refractivity (Wildman–Crippen MR) is 115 cm³/mol. The molecule has 0 aliphatic carbocycles. The Balaban J connectivity index is 1.80. The van der Waals surface area contributed by atoms with Gasteiger partial charge in [-0.25, -0.2) is 0 Å². The second kappa shape index (κ2) is 9.56. The van der Waals surface area contributed by atoms with Crippen LogP contribution in [0.25, 0.3) is 0 Å². The first-order chi connectivity index (χ1) is 14.8. The van der Waals surface area contributed by atoms with Crippen molar-refractivity contribution in [3.8, 4) is 17.6 Å². The summed E-state index contributed by atoms with van der Waals surface area (Å²) in [4.78, 5) is 29.3. The van der Waals surface area contributed by atoms with Gasteiger partial charge in [-0.05, 0) is 48.4 Å². The van der Waals surface area contributed by atoms with E-state index in [2.05, 4.69) is 19.9 Å². The number of carbonyl (C=O) groups is 2. The molecule has 2 N–H and O–H groups in total. The lowest BCUT2D eigenvalue weighted by molar-refractivity contribution is -0.140. The maximum absolute atomic E-state index is 13.2. The monoisotopic (exact) mass is 428 g/mol. The third kappa shape index (κ3) is 4.47. The Morgan fingerprint density at radius 3 is 2.48 bits per heavy atom. The molecule has 0 saturated carbocycles. The summed E-state index contributed by atoms with van der Waals surface area (Å²) in [5.41, 5.74) is 8.31. The number of rotatable bonds is 6. The summed E-state index contributed by atoms with van der Waals surface area (Å²) in [5.74, 6) is 1.00. The van der Waals surface area contributed by atoms with Crippen molar-refractivity contribution in [3.05, 3.63) is 23.3 Å². The van der Waals surface area contributed by atoms with Crippen LogP contribution in [0.15, 0.2) is 12.1 Å². The van der Waals surface area contributed by atoms with Crippen LogP contribution in [0.2, 0.25) is 0 Å². The lowest BCUT2D eigenvalue weighted by atomic mass is 9.85. The number of nitrogens with two attached hydrogens (primary N) is 1. The van der Waals surface area contributed by atoms with Crippen molar-refractivity contribution in [1.29, 1.82) is 5.26 Å². The number of carbonyl (C=O) groups excluding carboxylic acids is 2. The molecule has 2 heterocycles. The van der Waals surface area contributed by atoms with Crippen LogP contribution in [0.5, 0.6) is 11.5 Å². The van der Waals surface area contributed by atoms with Crippen LogP contribution < -0.4 is 15.2 Å². The van der Waals surface area contributed by atoms with Gasteiger partial charge >= 0.3 is 0 Å². The van der Waals surface area contributed by atoms with Gasteiger partial charge in [0, 0.05) is 13.1 Å². The molecular formula is C23H32N4O4. The quantitative estimate of drug-likeness (QED) is 0.742. The van der Waals surface area contributed by atoms with E-state index in [-0.39, 0.29) is 30.2 Å². The fourth-order valence-electron chi connectivity index (χ4n) is 4.75. The number of nitrogens with zero attached hydrogens (tertiary/aromatic N) is 3. The molecule has 0 bridgehead atoms. The lowest BCUT2D eigenvalue weighted by Crippen LogP contribution is -2.49. The van der Waals surface area contributed by atoms with Crippen LogP contribution in [0.4, 0.5) is 0 Å². The van der Waals surface area contributed by atoms with E-state index in [4.69, 9.17) is 15.2 Å². The molecule has 2 aliphatic heterocycles. The zero-order valence-electron chi connectivity index (χ0n) is 18.8. The van der Waals surface area contributed by atoms with E-state index in [9.17, 15) is 14.9 Å². The number of ether oxygens (including phenoxy) is 2. The summed E-state index contributed by atoms with van der Waals surface area (Å²) in [7, 11) is 3.20. The number of nitriles is 1. The Labute approximate surface area is 183 Å². The average molecular weight is 429 g/mol. The van der Waals surface area contributed by atoms with E-state index in [0.717, 1.165) is 17.5 Å². The van der Waals surface area contributed by atoms with Crippen LogP contribution in [-0.4, -0.2) is 61.0 Å². The highest BCUT2D eigenvalue weighted by molar-refractivity contribution is 5.89. The third-order valence-electron chi connectivity index (χ3n) is 6.27. The van der Waals surface area contributed by atoms with E-state index < -0.39 is 12.1 Å². The van der Waals surface area contributed by atoms with Gasteiger partial charge in [-0.1, -0.05) is 13.8 Å². The van der Waals surface area contributed by atoms with Gasteiger partial charge in [-0.15, -0.1) is 0 Å². The Morgan fingerprint density at radius 2 is 1.87 bits per heavy atom. The molecule has 0 spiro atoms. The number of amides is 2. The topological polar surface area (TPSA) is 109 Å². The molecule has 2 unspecified atom stereocenters. The first-order valence-electron chi connectivity index (χ1n) is 10.8. The first-order valence-corrected chi connectivity index (χ1v) is 10.8. The van der Waals surface area contributed by atoms with Gasteiger partial charge in [0.15, 0.2) is 11.5 Å². The van der Waals surface area contributed by atoms with E-state index in [1.54, 1.807) is 14.2 Å². The average Bonchev–Trinajstić information content (AvgIpc) is 3.25. The third-order valence-corrected chi connectivity index (χ3v) is 6.27. The van der Waals surface area contributed by atoms with Crippen molar-refractivity contribution in [2.75, 3.05) is 27.3 Å². The van der Waals surface area contributed by atoms with Crippen LogP contribution in [0.1, 0.15) is 50.3 Å². The molecule has 2 amide bonds. The van der Waals surface area contributed by atoms with Gasteiger partial charge in [-0.3, -0.25) is 9.59 Å². The maximum Gasteiger partial charge on any atom is 0.241 e. The second-order valence-electron chi connectivity index (χ2n) is 8.56. The van der Waals surface area contributed by atoms with Crippen molar-refractivity contribution in [1.82, 2.24) is 9.80 Å². The van der Waals surface area contributed by atoms with Crippen molar-refractivity contribution >= 4 is 11.8 Å². The molecule has 1 aromatic rings. The van der Waals surface area contributed by atoms with Crippen LogP contribution in [0, 0.1) is 17.2 Å². The molecule has 168 valence electrons. The molecule has 8 nitrogen and oxygen atoms in total. The summed E-state index contributed by atoms with van der Waals surface area (Å²) in [6.07, 6.45) is 2.07. The van der Waals surface area contributed by atoms with Gasteiger partial charge in [0.2, 0.25) is 11.8 Å². The Kier molecular flexibility index (Phi) is 7.06. The highest BCUT2D eigenvalue weighted by atomic mass is 16.5. The van der Waals surface area contributed by atoms with Gasteiger partial charge in [0.1, 0.15) is 6.04 Å². The predicted octanol–water partition coefficient (Wildman–Crippen LogP) is 2.02. The molecule has 1 fully saturated rings. The summed E-state index contributed by atoms with van der Waals surface area (Å²) in [6.45, 7) is 5.22. The Bertz CT molecular complexity index is 879. The van der Waals surface area contributed by atoms with Gasteiger partial charge in [0.05, 0.1) is 38.8 Å². The minimum Gasteiger partial charge on any atom is -0.493 e.